The van der Waals surface area contributed by atoms with Crippen molar-refractivity contribution in [2.24, 2.45) is 11.8 Å². The van der Waals surface area contributed by atoms with E-state index in [0.29, 0.717) is 18.1 Å². The molecule has 0 aromatic rings. The van der Waals surface area contributed by atoms with E-state index >= 15 is 0 Å². The second-order valence-electron chi connectivity index (χ2n) is 3.87. The third-order valence-corrected chi connectivity index (χ3v) is 2.42. The third-order valence-electron chi connectivity index (χ3n) is 2.16. The van der Waals surface area contributed by atoms with Gasteiger partial charge in [0.1, 0.15) is 0 Å². The minimum Gasteiger partial charge on any atom is -0.481 e. The van der Waals surface area contributed by atoms with Gasteiger partial charge in [0, 0.05) is 0 Å². The van der Waals surface area contributed by atoms with E-state index in [4.69, 9.17) is 5.11 Å². The molecule has 0 saturated carbocycles. The van der Waals surface area contributed by atoms with Crippen LogP contribution in [0.2, 0.25) is 0 Å². The van der Waals surface area contributed by atoms with E-state index in [9.17, 15) is 4.79 Å². The van der Waals surface area contributed by atoms with Crippen LogP contribution in [0, 0.1) is 11.8 Å². The smallest absolute Gasteiger partial charge is 0.306 e. The SMILES string of the molecule is CC(C)CCCC(CCS)C(=O)O. The third kappa shape index (κ3) is 6.94. The van der Waals surface area contributed by atoms with E-state index in [0.717, 1.165) is 19.3 Å². The molecule has 0 bridgehead atoms. The van der Waals surface area contributed by atoms with Crippen molar-refractivity contribution in [3.63, 3.8) is 0 Å². The molecule has 1 N–H and O–H groups in total. The van der Waals surface area contributed by atoms with Gasteiger partial charge in [-0.25, -0.2) is 0 Å². The molecule has 0 amide bonds. The summed E-state index contributed by atoms with van der Waals surface area (Å²) in [6, 6.07) is 0. The molecular weight excluding hydrogens is 184 g/mol. The van der Waals surface area contributed by atoms with E-state index in [1.54, 1.807) is 0 Å². The van der Waals surface area contributed by atoms with Crippen LogP contribution < -0.4 is 0 Å². The highest BCUT2D eigenvalue weighted by molar-refractivity contribution is 7.80. The molecule has 78 valence electrons. The molecule has 2 nitrogen and oxygen atoms in total. The van der Waals surface area contributed by atoms with E-state index in [2.05, 4.69) is 26.5 Å². The van der Waals surface area contributed by atoms with E-state index in [1.165, 1.54) is 0 Å². The molecule has 0 rings (SSSR count). The summed E-state index contributed by atoms with van der Waals surface area (Å²) in [4.78, 5) is 10.7. The molecule has 0 aromatic heterocycles. The molecule has 1 atom stereocenters. The predicted molar refractivity (Wildman–Crippen MR) is 58.3 cm³/mol. The van der Waals surface area contributed by atoms with Crippen molar-refractivity contribution in [1.82, 2.24) is 0 Å². The van der Waals surface area contributed by atoms with Crippen LogP contribution in [0.25, 0.3) is 0 Å². The van der Waals surface area contributed by atoms with Crippen molar-refractivity contribution in [2.45, 2.75) is 39.5 Å². The maximum absolute atomic E-state index is 10.7. The molecule has 0 aliphatic carbocycles. The van der Waals surface area contributed by atoms with Crippen molar-refractivity contribution >= 4 is 18.6 Å². The van der Waals surface area contributed by atoms with E-state index in [1.807, 2.05) is 0 Å². The number of carbonyl (C=O) groups is 1. The average molecular weight is 204 g/mol. The van der Waals surface area contributed by atoms with Crippen LogP contribution in [-0.4, -0.2) is 16.8 Å². The lowest BCUT2D eigenvalue weighted by Crippen LogP contribution is -2.14. The Morgan fingerprint density at radius 3 is 2.31 bits per heavy atom. The largest absolute Gasteiger partial charge is 0.481 e. The highest BCUT2D eigenvalue weighted by atomic mass is 32.1. The first kappa shape index (κ1) is 12.8. The van der Waals surface area contributed by atoms with Crippen molar-refractivity contribution in [2.75, 3.05) is 5.75 Å². The first-order valence-corrected chi connectivity index (χ1v) is 5.54. The van der Waals surface area contributed by atoms with Crippen LogP contribution in [0.15, 0.2) is 0 Å². The minimum atomic E-state index is -0.669. The average Bonchev–Trinajstić information content (AvgIpc) is 2.02. The quantitative estimate of drug-likeness (QED) is 0.626. The van der Waals surface area contributed by atoms with Gasteiger partial charge in [0.05, 0.1) is 5.92 Å². The summed E-state index contributed by atoms with van der Waals surface area (Å²) in [5, 5.41) is 8.84. The van der Waals surface area contributed by atoms with Gasteiger partial charge in [-0.2, -0.15) is 12.6 Å². The molecule has 13 heavy (non-hydrogen) atoms. The van der Waals surface area contributed by atoms with Gasteiger partial charge in [-0.1, -0.05) is 26.7 Å². The number of rotatable bonds is 7. The number of carboxylic acids is 1. The lowest BCUT2D eigenvalue weighted by molar-refractivity contribution is -0.142. The van der Waals surface area contributed by atoms with Crippen molar-refractivity contribution in [3.8, 4) is 0 Å². The molecule has 0 aliphatic heterocycles. The van der Waals surface area contributed by atoms with Crippen LogP contribution in [0.4, 0.5) is 0 Å². The molecule has 0 aliphatic rings. The van der Waals surface area contributed by atoms with Gasteiger partial charge < -0.3 is 5.11 Å². The summed E-state index contributed by atoms with van der Waals surface area (Å²) in [5.74, 6) is 0.484. The maximum Gasteiger partial charge on any atom is 0.306 e. The lowest BCUT2D eigenvalue weighted by atomic mass is 9.96. The van der Waals surface area contributed by atoms with Crippen LogP contribution in [0.5, 0.6) is 0 Å². The summed E-state index contributed by atoms with van der Waals surface area (Å²) in [6.45, 7) is 4.32. The molecule has 0 aromatic carbocycles. The van der Waals surface area contributed by atoms with Crippen molar-refractivity contribution in [3.05, 3.63) is 0 Å². The summed E-state index contributed by atoms with van der Waals surface area (Å²) in [5.41, 5.74) is 0. The van der Waals surface area contributed by atoms with Crippen LogP contribution >= 0.6 is 12.6 Å². The van der Waals surface area contributed by atoms with Gasteiger partial charge in [-0.15, -0.1) is 0 Å². The van der Waals surface area contributed by atoms with Gasteiger partial charge in [0.2, 0.25) is 0 Å². The monoisotopic (exact) mass is 204 g/mol. The summed E-state index contributed by atoms with van der Waals surface area (Å²) in [6.07, 6.45) is 3.63. The molecular formula is C10H20O2S. The van der Waals surface area contributed by atoms with Gasteiger partial charge in [-0.05, 0) is 24.5 Å². The van der Waals surface area contributed by atoms with Gasteiger partial charge in [0.15, 0.2) is 0 Å². The summed E-state index contributed by atoms with van der Waals surface area (Å²) in [7, 11) is 0. The fraction of sp³-hybridized carbons (Fsp3) is 0.900. The number of hydrogen-bond donors (Lipinski definition) is 2. The number of thiol groups is 1. The number of carboxylic acid groups (broad SMARTS) is 1. The Balaban J connectivity index is 3.63. The van der Waals surface area contributed by atoms with Crippen molar-refractivity contribution in [1.29, 1.82) is 0 Å². The molecule has 0 radical (unpaired) electrons. The van der Waals surface area contributed by atoms with E-state index in [-0.39, 0.29) is 5.92 Å². The Hall–Kier alpha value is -0.180. The Kier molecular flexibility index (Phi) is 7.14. The first-order valence-electron chi connectivity index (χ1n) is 4.91. The Morgan fingerprint density at radius 1 is 1.31 bits per heavy atom. The number of hydrogen-bond acceptors (Lipinski definition) is 2. The summed E-state index contributed by atoms with van der Waals surface area (Å²) >= 11 is 4.05. The predicted octanol–water partition coefficient (Wildman–Crippen LogP) is 2.83. The molecule has 1 unspecified atom stereocenters. The van der Waals surface area contributed by atoms with Gasteiger partial charge in [-0.3, -0.25) is 4.79 Å². The van der Waals surface area contributed by atoms with Crippen LogP contribution in [0.3, 0.4) is 0 Å². The molecule has 3 heteroatoms. The highest BCUT2D eigenvalue weighted by Gasteiger charge is 2.15. The fourth-order valence-electron chi connectivity index (χ4n) is 1.32. The number of aliphatic carboxylic acids is 1. The summed E-state index contributed by atoms with van der Waals surface area (Å²) < 4.78 is 0. The topological polar surface area (TPSA) is 37.3 Å². The minimum absolute atomic E-state index is 0.184. The fourth-order valence-corrected chi connectivity index (χ4v) is 1.63. The Bertz CT molecular complexity index is 146. The molecule has 0 saturated heterocycles. The van der Waals surface area contributed by atoms with Crippen LogP contribution in [-0.2, 0) is 4.79 Å². The zero-order chi connectivity index (χ0) is 10.3. The standard InChI is InChI=1S/C10H20O2S/c1-8(2)4-3-5-9(6-7-13)10(11)12/h8-9,13H,3-7H2,1-2H3,(H,11,12). The Labute approximate surface area is 86.1 Å². The lowest BCUT2D eigenvalue weighted by Gasteiger charge is -2.11. The van der Waals surface area contributed by atoms with Crippen LogP contribution in [0.1, 0.15) is 39.5 Å². The zero-order valence-electron chi connectivity index (χ0n) is 8.49. The molecule has 0 fully saturated rings. The molecule has 0 spiro atoms. The zero-order valence-corrected chi connectivity index (χ0v) is 9.39. The normalized spacial score (nSPS) is 13.2. The van der Waals surface area contributed by atoms with Gasteiger partial charge >= 0.3 is 5.97 Å². The maximum atomic E-state index is 10.7. The van der Waals surface area contributed by atoms with E-state index < -0.39 is 5.97 Å². The highest BCUT2D eigenvalue weighted by Crippen LogP contribution is 2.16. The second kappa shape index (κ2) is 7.25. The Morgan fingerprint density at radius 2 is 1.92 bits per heavy atom. The molecule has 0 heterocycles. The second-order valence-corrected chi connectivity index (χ2v) is 4.32. The van der Waals surface area contributed by atoms with Crippen molar-refractivity contribution < 1.29 is 9.90 Å². The first-order chi connectivity index (χ1) is 6.07. The van der Waals surface area contributed by atoms with Gasteiger partial charge in [0.25, 0.3) is 0 Å².